The van der Waals surface area contributed by atoms with Crippen LogP contribution in [0.3, 0.4) is 0 Å². The maximum Gasteiger partial charge on any atom is 0.223 e. The third-order valence-corrected chi connectivity index (χ3v) is 5.88. The maximum atomic E-state index is 12.1. The largest absolute Gasteiger partial charge is 0.338 e. The molecule has 1 amide bonds. The molecule has 21 heavy (non-hydrogen) atoms. The molecule has 0 radical (unpaired) electrons. The average Bonchev–Trinajstić information content (AvgIpc) is 2.82. The Hall–Kier alpha value is -1.00. The number of rotatable bonds is 4. The fourth-order valence-electron chi connectivity index (χ4n) is 3.50. The van der Waals surface area contributed by atoms with Crippen molar-refractivity contribution in [3.05, 3.63) is 35.9 Å². The third-order valence-electron chi connectivity index (χ3n) is 4.66. The molecule has 0 aromatic heterocycles. The van der Waals surface area contributed by atoms with Crippen molar-refractivity contribution in [2.45, 2.75) is 31.3 Å². The Morgan fingerprint density at radius 3 is 2.86 bits per heavy atom. The molecule has 2 heterocycles. The van der Waals surface area contributed by atoms with E-state index in [1.54, 1.807) is 0 Å². The summed E-state index contributed by atoms with van der Waals surface area (Å²) in [5.74, 6) is 3.17. The van der Waals surface area contributed by atoms with Gasteiger partial charge >= 0.3 is 0 Å². The Balaban J connectivity index is 1.66. The van der Waals surface area contributed by atoms with Crippen molar-refractivity contribution in [3.63, 3.8) is 0 Å². The lowest BCUT2D eigenvalue weighted by molar-refractivity contribution is -0.127. The summed E-state index contributed by atoms with van der Waals surface area (Å²) < 4.78 is 0. The van der Waals surface area contributed by atoms with Gasteiger partial charge in [-0.05, 0) is 24.2 Å². The minimum Gasteiger partial charge on any atom is -0.338 e. The van der Waals surface area contributed by atoms with Crippen molar-refractivity contribution in [1.82, 2.24) is 10.2 Å². The average molecular weight is 304 g/mol. The number of carbonyl (C=O) groups is 1. The summed E-state index contributed by atoms with van der Waals surface area (Å²) in [4.78, 5) is 14.0. The van der Waals surface area contributed by atoms with Gasteiger partial charge in [-0.3, -0.25) is 4.79 Å². The van der Waals surface area contributed by atoms with Crippen LogP contribution >= 0.6 is 11.8 Å². The topological polar surface area (TPSA) is 32.3 Å². The van der Waals surface area contributed by atoms with Crippen molar-refractivity contribution < 1.29 is 4.79 Å². The molecule has 3 nitrogen and oxygen atoms in total. The van der Waals surface area contributed by atoms with Crippen molar-refractivity contribution >= 4 is 17.7 Å². The zero-order valence-corrected chi connectivity index (χ0v) is 13.4. The molecule has 2 saturated heterocycles. The molecule has 0 unspecified atom stereocenters. The van der Waals surface area contributed by atoms with E-state index in [1.807, 2.05) is 29.8 Å². The van der Waals surface area contributed by atoms with Gasteiger partial charge in [-0.25, -0.2) is 0 Å². The normalized spacial score (nSPS) is 29.9. The molecule has 2 aliphatic heterocycles. The predicted octanol–water partition coefficient (Wildman–Crippen LogP) is 2.69. The fraction of sp³-hybridized carbons (Fsp3) is 0.588. The first-order valence-corrected chi connectivity index (χ1v) is 9.03. The quantitative estimate of drug-likeness (QED) is 0.928. The van der Waals surface area contributed by atoms with Crippen LogP contribution in [0.2, 0.25) is 0 Å². The summed E-state index contributed by atoms with van der Waals surface area (Å²) in [5.41, 5.74) is 1.26. The second kappa shape index (κ2) is 6.84. The summed E-state index contributed by atoms with van der Waals surface area (Å²) >= 11 is 2.04. The number of nitrogens with one attached hydrogen (secondary N) is 1. The fourth-order valence-corrected chi connectivity index (χ4v) is 4.61. The van der Waals surface area contributed by atoms with E-state index in [-0.39, 0.29) is 11.9 Å². The summed E-state index contributed by atoms with van der Waals surface area (Å²) in [7, 11) is 1.94. The van der Waals surface area contributed by atoms with Gasteiger partial charge in [0.25, 0.3) is 0 Å². The van der Waals surface area contributed by atoms with E-state index >= 15 is 0 Å². The van der Waals surface area contributed by atoms with E-state index < -0.39 is 0 Å². The van der Waals surface area contributed by atoms with E-state index in [0.717, 1.165) is 6.54 Å². The minimum absolute atomic E-state index is 0.224. The highest BCUT2D eigenvalue weighted by Crippen LogP contribution is 2.36. The van der Waals surface area contributed by atoms with Crippen molar-refractivity contribution in [2.24, 2.45) is 5.92 Å². The first-order valence-electron chi connectivity index (χ1n) is 7.87. The number of hydrogen-bond acceptors (Lipinski definition) is 3. The van der Waals surface area contributed by atoms with Crippen LogP contribution in [-0.4, -0.2) is 41.9 Å². The Bertz CT molecular complexity index is 473. The number of nitrogens with zero attached hydrogens (tertiary/aromatic N) is 1. The molecule has 3 rings (SSSR count). The molecule has 1 aromatic rings. The highest BCUT2D eigenvalue weighted by Gasteiger charge is 2.38. The maximum absolute atomic E-state index is 12.1. The van der Waals surface area contributed by atoms with Gasteiger partial charge in [0.15, 0.2) is 0 Å². The van der Waals surface area contributed by atoms with Crippen molar-refractivity contribution in [1.29, 1.82) is 0 Å². The van der Waals surface area contributed by atoms with Crippen molar-refractivity contribution in [2.75, 3.05) is 25.1 Å². The highest BCUT2D eigenvalue weighted by molar-refractivity contribution is 7.99. The molecule has 2 aliphatic rings. The van der Waals surface area contributed by atoms with E-state index in [1.165, 1.54) is 29.9 Å². The lowest BCUT2D eigenvalue weighted by Crippen LogP contribution is -2.38. The highest BCUT2D eigenvalue weighted by atomic mass is 32.2. The molecule has 0 bridgehead atoms. The van der Waals surface area contributed by atoms with Crippen LogP contribution in [0.4, 0.5) is 0 Å². The minimum atomic E-state index is 0.224. The molecule has 0 spiro atoms. The number of benzene rings is 1. The van der Waals surface area contributed by atoms with E-state index in [9.17, 15) is 4.79 Å². The van der Waals surface area contributed by atoms with Gasteiger partial charge in [0.2, 0.25) is 5.91 Å². The van der Waals surface area contributed by atoms with Crippen LogP contribution in [0.15, 0.2) is 30.3 Å². The van der Waals surface area contributed by atoms with Crippen LogP contribution in [0, 0.1) is 5.92 Å². The number of thioether (sulfide) groups is 1. The first-order chi connectivity index (χ1) is 10.3. The molecule has 1 aromatic carbocycles. The van der Waals surface area contributed by atoms with E-state index in [2.05, 4.69) is 29.6 Å². The Labute approximate surface area is 131 Å². The number of carbonyl (C=O) groups excluding carboxylic acids is 1. The Morgan fingerprint density at radius 2 is 2.14 bits per heavy atom. The predicted molar refractivity (Wildman–Crippen MR) is 88.4 cm³/mol. The van der Waals surface area contributed by atoms with E-state index in [0.29, 0.717) is 18.4 Å². The van der Waals surface area contributed by atoms with Gasteiger partial charge in [0.05, 0.1) is 6.04 Å². The molecular formula is C17H24N2OS. The smallest absolute Gasteiger partial charge is 0.223 e. The second-order valence-electron chi connectivity index (χ2n) is 6.15. The van der Waals surface area contributed by atoms with Gasteiger partial charge in [-0.2, -0.15) is 11.8 Å². The van der Waals surface area contributed by atoms with Crippen LogP contribution in [0.5, 0.6) is 0 Å². The molecule has 2 fully saturated rings. The Morgan fingerprint density at radius 1 is 1.33 bits per heavy atom. The summed E-state index contributed by atoms with van der Waals surface area (Å²) in [6.45, 7) is 0.945. The SMILES string of the molecule is CN1C(=O)C[C@H](CN[C@@H]2CCCSC2)[C@@H]1c1ccccc1. The molecule has 1 N–H and O–H groups in total. The van der Waals surface area contributed by atoms with Crippen molar-refractivity contribution in [3.8, 4) is 0 Å². The number of likely N-dealkylation sites (tertiary alicyclic amines) is 1. The van der Waals surface area contributed by atoms with E-state index in [4.69, 9.17) is 0 Å². The molecule has 0 aliphatic carbocycles. The standard InChI is InChI=1S/C17H24N2OS/c1-19-16(20)10-14(11-18-15-8-5-9-21-12-15)17(19)13-6-3-2-4-7-13/h2-4,6-7,14-15,17-18H,5,8-12H2,1H3/t14-,15-,17+/m1/s1. The zero-order valence-electron chi connectivity index (χ0n) is 12.6. The van der Waals surface area contributed by atoms with Gasteiger partial charge in [-0.1, -0.05) is 30.3 Å². The molecule has 4 heteroatoms. The van der Waals surface area contributed by atoms with Gasteiger partial charge in [0, 0.05) is 37.7 Å². The van der Waals surface area contributed by atoms with Gasteiger partial charge in [-0.15, -0.1) is 0 Å². The lowest BCUT2D eigenvalue weighted by Gasteiger charge is -2.28. The van der Waals surface area contributed by atoms with Crippen LogP contribution < -0.4 is 5.32 Å². The van der Waals surface area contributed by atoms with Crippen LogP contribution in [-0.2, 0) is 4.79 Å². The third kappa shape index (κ3) is 3.43. The summed E-state index contributed by atoms with van der Waals surface area (Å²) in [6, 6.07) is 11.3. The number of amides is 1. The molecule has 0 saturated carbocycles. The van der Waals surface area contributed by atoms with Gasteiger partial charge in [0.1, 0.15) is 0 Å². The monoisotopic (exact) mass is 304 g/mol. The summed E-state index contributed by atoms with van der Waals surface area (Å²) in [5, 5.41) is 3.70. The Kier molecular flexibility index (Phi) is 4.86. The molecule has 114 valence electrons. The summed E-state index contributed by atoms with van der Waals surface area (Å²) in [6.07, 6.45) is 3.26. The molecule has 3 atom stereocenters. The van der Waals surface area contributed by atoms with Gasteiger partial charge < -0.3 is 10.2 Å². The second-order valence-corrected chi connectivity index (χ2v) is 7.30. The first kappa shape index (κ1) is 14.9. The molecular weight excluding hydrogens is 280 g/mol. The van der Waals surface area contributed by atoms with Crippen LogP contribution in [0.1, 0.15) is 30.9 Å². The zero-order chi connectivity index (χ0) is 14.7. The number of hydrogen-bond donors (Lipinski definition) is 1. The lowest BCUT2D eigenvalue weighted by atomic mass is 9.93. The van der Waals surface area contributed by atoms with Crippen LogP contribution in [0.25, 0.3) is 0 Å².